The number of imidazole rings is 1. The molecule has 0 spiro atoms. The maximum atomic E-state index is 13.7. The second-order valence-corrected chi connectivity index (χ2v) is 5.68. The van der Waals surface area contributed by atoms with Crippen LogP contribution in [0.1, 0.15) is 29.9 Å². The predicted molar refractivity (Wildman–Crippen MR) is 87.5 cm³/mol. The standard InChI is InChI=1S/C18H20FN3/c1-11-8-16(12(2)20-4)18(14-6-5-7-15(19)9-14)22-13(3)21-10-17(11)22/h5-10,12,20H,1-4H3. The zero-order valence-electron chi connectivity index (χ0n) is 13.3. The average molecular weight is 297 g/mol. The fourth-order valence-corrected chi connectivity index (χ4v) is 2.93. The van der Waals surface area contributed by atoms with Gasteiger partial charge in [-0.05, 0) is 51.1 Å². The summed E-state index contributed by atoms with van der Waals surface area (Å²) in [6, 6.07) is 9.06. The minimum atomic E-state index is -0.230. The van der Waals surface area contributed by atoms with Gasteiger partial charge in [0, 0.05) is 11.6 Å². The van der Waals surface area contributed by atoms with Crippen LogP contribution in [0, 0.1) is 19.7 Å². The van der Waals surface area contributed by atoms with Gasteiger partial charge in [-0.15, -0.1) is 0 Å². The Morgan fingerprint density at radius 3 is 2.68 bits per heavy atom. The second-order valence-electron chi connectivity index (χ2n) is 5.68. The SMILES string of the molecule is CNC(C)c1cc(C)c2cnc(C)n2c1-c1cccc(F)c1. The Bertz CT molecular complexity index is 836. The molecule has 1 aromatic carbocycles. The third kappa shape index (κ3) is 2.29. The van der Waals surface area contributed by atoms with Gasteiger partial charge in [-0.2, -0.15) is 0 Å². The van der Waals surface area contributed by atoms with Gasteiger partial charge in [-0.1, -0.05) is 18.2 Å². The summed E-state index contributed by atoms with van der Waals surface area (Å²) in [7, 11) is 1.93. The normalized spacial score (nSPS) is 12.8. The molecule has 1 atom stereocenters. The van der Waals surface area contributed by atoms with E-state index in [1.807, 2.05) is 26.2 Å². The number of hydrogen-bond acceptors (Lipinski definition) is 2. The van der Waals surface area contributed by atoms with Crippen molar-refractivity contribution in [2.24, 2.45) is 0 Å². The van der Waals surface area contributed by atoms with E-state index in [1.54, 1.807) is 12.1 Å². The van der Waals surface area contributed by atoms with E-state index < -0.39 is 0 Å². The van der Waals surface area contributed by atoms with Crippen molar-refractivity contribution in [3.05, 3.63) is 59.3 Å². The van der Waals surface area contributed by atoms with E-state index in [1.165, 1.54) is 6.07 Å². The van der Waals surface area contributed by atoms with E-state index >= 15 is 0 Å². The van der Waals surface area contributed by atoms with Crippen LogP contribution >= 0.6 is 0 Å². The van der Waals surface area contributed by atoms with Crippen LogP contribution in [0.15, 0.2) is 36.5 Å². The summed E-state index contributed by atoms with van der Waals surface area (Å²) in [6.45, 7) is 6.16. The molecule has 3 aromatic rings. The summed E-state index contributed by atoms with van der Waals surface area (Å²) in [6.07, 6.45) is 1.88. The van der Waals surface area contributed by atoms with Crippen molar-refractivity contribution in [2.45, 2.75) is 26.8 Å². The van der Waals surface area contributed by atoms with Crippen LogP contribution in [0.5, 0.6) is 0 Å². The molecule has 0 aliphatic rings. The topological polar surface area (TPSA) is 29.3 Å². The summed E-state index contributed by atoms with van der Waals surface area (Å²) in [4.78, 5) is 4.44. The van der Waals surface area contributed by atoms with Crippen molar-refractivity contribution in [1.29, 1.82) is 0 Å². The molecular weight excluding hydrogens is 277 g/mol. The van der Waals surface area contributed by atoms with Gasteiger partial charge in [0.2, 0.25) is 0 Å². The van der Waals surface area contributed by atoms with Crippen molar-refractivity contribution >= 4 is 5.52 Å². The number of aryl methyl sites for hydroxylation is 2. The van der Waals surface area contributed by atoms with Crippen molar-refractivity contribution < 1.29 is 4.39 Å². The number of halogens is 1. The maximum Gasteiger partial charge on any atom is 0.123 e. The fourth-order valence-electron chi connectivity index (χ4n) is 2.93. The third-order valence-corrected chi connectivity index (χ3v) is 4.21. The number of aromatic nitrogens is 2. The average Bonchev–Trinajstić information content (AvgIpc) is 2.89. The molecule has 0 amide bonds. The molecule has 114 valence electrons. The predicted octanol–water partition coefficient (Wildman–Crippen LogP) is 4.04. The number of hydrogen-bond donors (Lipinski definition) is 1. The third-order valence-electron chi connectivity index (χ3n) is 4.21. The maximum absolute atomic E-state index is 13.7. The van der Waals surface area contributed by atoms with Gasteiger partial charge < -0.3 is 5.32 Å². The molecule has 0 saturated carbocycles. The Morgan fingerprint density at radius 1 is 1.23 bits per heavy atom. The number of nitrogens with zero attached hydrogens (tertiary/aromatic N) is 2. The summed E-state index contributed by atoms with van der Waals surface area (Å²) in [5.41, 5.74) is 5.22. The Hall–Kier alpha value is -2.20. The minimum absolute atomic E-state index is 0.156. The highest BCUT2D eigenvalue weighted by molar-refractivity contribution is 5.71. The summed E-state index contributed by atoms with van der Waals surface area (Å²) in [5.74, 6) is 0.676. The lowest BCUT2D eigenvalue weighted by molar-refractivity contribution is 0.627. The quantitative estimate of drug-likeness (QED) is 0.790. The first-order valence-electron chi connectivity index (χ1n) is 7.43. The molecule has 0 fully saturated rings. The van der Waals surface area contributed by atoms with Gasteiger partial charge in [-0.25, -0.2) is 9.37 Å². The summed E-state index contributed by atoms with van der Waals surface area (Å²) < 4.78 is 15.9. The van der Waals surface area contributed by atoms with Gasteiger partial charge in [0.25, 0.3) is 0 Å². The first kappa shape index (κ1) is 14.7. The molecule has 0 aliphatic heterocycles. The molecule has 3 rings (SSSR count). The molecule has 22 heavy (non-hydrogen) atoms. The van der Waals surface area contributed by atoms with E-state index in [9.17, 15) is 4.39 Å². The number of pyridine rings is 1. The van der Waals surface area contributed by atoms with Gasteiger partial charge >= 0.3 is 0 Å². The fraction of sp³-hybridized carbons (Fsp3) is 0.278. The van der Waals surface area contributed by atoms with Crippen LogP contribution in [-0.4, -0.2) is 16.4 Å². The van der Waals surface area contributed by atoms with Crippen molar-refractivity contribution in [1.82, 2.24) is 14.7 Å². The summed E-state index contributed by atoms with van der Waals surface area (Å²) in [5, 5.41) is 3.28. The lowest BCUT2D eigenvalue weighted by atomic mass is 9.98. The summed E-state index contributed by atoms with van der Waals surface area (Å²) >= 11 is 0. The number of fused-ring (bicyclic) bond motifs is 1. The van der Waals surface area contributed by atoms with E-state index in [4.69, 9.17) is 0 Å². The first-order valence-corrected chi connectivity index (χ1v) is 7.43. The van der Waals surface area contributed by atoms with Crippen molar-refractivity contribution in [3.63, 3.8) is 0 Å². The lowest BCUT2D eigenvalue weighted by Gasteiger charge is -2.20. The molecule has 2 aromatic heterocycles. The Morgan fingerprint density at radius 2 is 2.00 bits per heavy atom. The molecule has 0 aliphatic carbocycles. The number of rotatable bonds is 3. The van der Waals surface area contributed by atoms with Crippen LogP contribution in [0.4, 0.5) is 4.39 Å². The van der Waals surface area contributed by atoms with Crippen LogP contribution in [0.25, 0.3) is 16.8 Å². The smallest absolute Gasteiger partial charge is 0.123 e. The molecular formula is C18H20FN3. The molecule has 3 nitrogen and oxygen atoms in total. The lowest BCUT2D eigenvalue weighted by Crippen LogP contribution is -2.15. The Kier molecular flexibility index (Phi) is 3.71. The van der Waals surface area contributed by atoms with Crippen LogP contribution in [-0.2, 0) is 0 Å². The van der Waals surface area contributed by atoms with Crippen molar-refractivity contribution in [3.8, 4) is 11.3 Å². The Labute approximate surface area is 129 Å². The zero-order valence-corrected chi connectivity index (χ0v) is 13.3. The van der Waals surface area contributed by atoms with Gasteiger partial charge in [0.15, 0.2) is 0 Å². The van der Waals surface area contributed by atoms with Crippen LogP contribution < -0.4 is 5.32 Å². The first-order chi connectivity index (χ1) is 10.5. The number of nitrogens with one attached hydrogen (secondary N) is 1. The monoisotopic (exact) mass is 297 g/mol. The van der Waals surface area contributed by atoms with E-state index in [0.717, 1.165) is 33.7 Å². The van der Waals surface area contributed by atoms with Crippen LogP contribution in [0.2, 0.25) is 0 Å². The van der Waals surface area contributed by atoms with E-state index in [0.29, 0.717) is 0 Å². The highest BCUT2D eigenvalue weighted by atomic mass is 19.1. The largest absolute Gasteiger partial charge is 0.313 e. The van der Waals surface area contributed by atoms with Gasteiger partial charge in [-0.3, -0.25) is 4.40 Å². The van der Waals surface area contributed by atoms with Gasteiger partial charge in [0.1, 0.15) is 11.6 Å². The highest BCUT2D eigenvalue weighted by Crippen LogP contribution is 2.32. The molecule has 0 radical (unpaired) electrons. The molecule has 1 N–H and O–H groups in total. The molecule has 1 unspecified atom stereocenters. The molecule has 0 saturated heterocycles. The van der Waals surface area contributed by atoms with Crippen molar-refractivity contribution in [2.75, 3.05) is 7.05 Å². The zero-order chi connectivity index (χ0) is 15.9. The molecule has 4 heteroatoms. The highest BCUT2D eigenvalue weighted by Gasteiger charge is 2.18. The van der Waals surface area contributed by atoms with Gasteiger partial charge in [0.05, 0.1) is 17.4 Å². The second kappa shape index (κ2) is 5.54. The van der Waals surface area contributed by atoms with Crippen LogP contribution in [0.3, 0.4) is 0 Å². The molecule has 0 bridgehead atoms. The Balaban J connectivity index is 2.43. The molecule has 2 heterocycles. The van der Waals surface area contributed by atoms with E-state index in [2.05, 4.69) is 34.6 Å². The van der Waals surface area contributed by atoms with E-state index in [-0.39, 0.29) is 11.9 Å². The number of benzene rings is 1. The minimum Gasteiger partial charge on any atom is -0.313 e.